The number of rotatable bonds is 3. The minimum Gasteiger partial charge on any atom is -0.496 e. The van der Waals surface area contributed by atoms with E-state index in [0.717, 1.165) is 45.6 Å². The van der Waals surface area contributed by atoms with Crippen LogP contribution in [0.1, 0.15) is 21.6 Å². The lowest BCUT2D eigenvalue weighted by Gasteiger charge is -2.27. The highest BCUT2D eigenvalue weighted by molar-refractivity contribution is 6.06. The Labute approximate surface area is 168 Å². The van der Waals surface area contributed by atoms with Crippen LogP contribution < -0.4 is 4.74 Å². The molecule has 3 heterocycles. The van der Waals surface area contributed by atoms with E-state index >= 15 is 0 Å². The number of carbonyl (C=O) groups is 1. The number of fused-ring (bicyclic) bond motifs is 2. The molecule has 1 aliphatic rings. The number of amides is 1. The molecular formula is C23H20N4O2. The molecule has 2 aromatic carbocycles. The second kappa shape index (κ2) is 7.05. The second-order valence-electron chi connectivity index (χ2n) is 7.08. The fourth-order valence-corrected chi connectivity index (χ4v) is 3.98. The first-order valence-corrected chi connectivity index (χ1v) is 9.59. The van der Waals surface area contributed by atoms with Gasteiger partial charge < -0.3 is 9.64 Å². The predicted molar refractivity (Wildman–Crippen MR) is 111 cm³/mol. The van der Waals surface area contributed by atoms with Crippen LogP contribution >= 0.6 is 0 Å². The fraction of sp³-hybridized carbons (Fsp3) is 0.174. The van der Waals surface area contributed by atoms with Crippen molar-refractivity contribution < 1.29 is 9.53 Å². The number of benzene rings is 2. The number of carbonyl (C=O) groups excluding carboxylic acids is 1. The third-order valence-electron chi connectivity index (χ3n) is 5.46. The van der Waals surface area contributed by atoms with Gasteiger partial charge in [0.2, 0.25) is 0 Å². The van der Waals surface area contributed by atoms with Crippen LogP contribution in [0.15, 0.2) is 60.8 Å². The lowest BCUT2D eigenvalue weighted by molar-refractivity contribution is 0.0736. The van der Waals surface area contributed by atoms with Gasteiger partial charge >= 0.3 is 0 Å². The number of H-pyrrole nitrogens is 1. The molecule has 144 valence electrons. The molecule has 0 saturated heterocycles. The first-order chi connectivity index (χ1) is 14.3. The smallest absolute Gasteiger partial charge is 0.254 e. The molecule has 1 aliphatic heterocycles. The first-order valence-electron chi connectivity index (χ1n) is 9.59. The first kappa shape index (κ1) is 17.4. The Kier molecular flexibility index (Phi) is 4.24. The van der Waals surface area contributed by atoms with Crippen molar-refractivity contribution in [3.05, 3.63) is 77.6 Å². The van der Waals surface area contributed by atoms with E-state index in [1.807, 2.05) is 53.4 Å². The van der Waals surface area contributed by atoms with Crippen molar-refractivity contribution in [2.24, 2.45) is 0 Å². The van der Waals surface area contributed by atoms with Crippen molar-refractivity contribution in [3.63, 3.8) is 0 Å². The summed E-state index contributed by atoms with van der Waals surface area (Å²) in [6.45, 7) is 1.16. The monoisotopic (exact) mass is 384 g/mol. The highest BCUT2D eigenvalue weighted by Crippen LogP contribution is 2.34. The zero-order valence-corrected chi connectivity index (χ0v) is 16.1. The van der Waals surface area contributed by atoms with E-state index in [0.29, 0.717) is 18.7 Å². The highest BCUT2D eigenvalue weighted by Gasteiger charge is 2.28. The highest BCUT2D eigenvalue weighted by atomic mass is 16.5. The van der Waals surface area contributed by atoms with Crippen LogP contribution in [0.5, 0.6) is 5.75 Å². The fourth-order valence-electron chi connectivity index (χ4n) is 3.98. The maximum absolute atomic E-state index is 13.4. The van der Waals surface area contributed by atoms with Crippen LogP contribution in [-0.2, 0) is 13.0 Å². The number of ether oxygens (including phenoxy) is 1. The summed E-state index contributed by atoms with van der Waals surface area (Å²) in [5, 5.41) is 8.57. The van der Waals surface area contributed by atoms with Gasteiger partial charge in [-0.25, -0.2) is 0 Å². The molecule has 0 radical (unpaired) electrons. The van der Waals surface area contributed by atoms with Crippen LogP contribution in [0.3, 0.4) is 0 Å². The quantitative estimate of drug-likeness (QED) is 0.583. The lowest BCUT2D eigenvalue weighted by atomic mass is 9.99. The molecule has 0 atom stereocenters. The summed E-state index contributed by atoms with van der Waals surface area (Å²) >= 11 is 0. The minimum absolute atomic E-state index is 0.0152. The number of nitrogens with one attached hydrogen (secondary N) is 1. The SMILES string of the molecule is COc1ccccc1-c1n[nH]c2c1CN(C(=O)c1ccnc3ccccc13)CC2. The number of hydrogen-bond donors (Lipinski definition) is 1. The maximum atomic E-state index is 13.4. The summed E-state index contributed by atoms with van der Waals surface area (Å²) in [6, 6.07) is 17.4. The van der Waals surface area contributed by atoms with Gasteiger partial charge in [0.05, 0.1) is 18.2 Å². The number of methoxy groups -OCH3 is 1. The molecule has 0 saturated carbocycles. The van der Waals surface area contributed by atoms with Gasteiger partial charge in [0, 0.05) is 47.9 Å². The van der Waals surface area contributed by atoms with Gasteiger partial charge in [-0.3, -0.25) is 14.9 Å². The van der Waals surface area contributed by atoms with Crippen LogP contribution in [0, 0.1) is 0 Å². The van der Waals surface area contributed by atoms with E-state index in [1.54, 1.807) is 19.4 Å². The zero-order valence-electron chi connectivity index (χ0n) is 16.1. The Morgan fingerprint density at radius 1 is 1.10 bits per heavy atom. The average molecular weight is 384 g/mol. The van der Waals surface area contributed by atoms with Crippen molar-refractivity contribution in [1.29, 1.82) is 0 Å². The van der Waals surface area contributed by atoms with Gasteiger partial charge in [-0.15, -0.1) is 0 Å². The summed E-state index contributed by atoms with van der Waals surface area (Å²) in [5.41, 5.74) is 5.41. The molecule has 6 nitrogen and oxygen atoms in total. The Bertz CT molecular complexity index is 1210. The van der Waals surface area contributed by atoms with Gasteiger partial charge in [-0.2, -0.15) is 5.10 Å². The normalized spacial score (nSPS) is 13.3. The van der Waals surface area contributed by atoms with Crippen LogP contribution in [-0.4, -0.2) is 39.6 Å². The van der Waals surface area contributed by atoms with Crippen molar-refractivity contribution >= 4 is 16.8 Å². The van der Waals surface area contributed by atoms with Gasteiger partial charge in [-0.05, 0) is 24.3 Å². The van der Waals surface area contributed by atoms with E-state index < -0.39 is 0 Å². The van der Waals surface area contributed by atoms with Crippen LogP contribution in [0.25, 0.3) is 22.2 Å². The predicted octanol–water partition coefficient (Wildman–Crippen LogP) is 3.83. The Morgan fingerprint density at radius 3 is 2.83 bits per heavy atom. The zero-order chi connectivity index (χ0) is 19.8. The molecular weight excluding hydrogens is 364 g/mol. The molecule has 4 aromatic rings. The molecule has 1 amide bonds. The van der Waals surface area contributed by atoms with Crippen molar-refractivity contribution in [2.75, 3.05) is 13.7 Å². The summed E-state index contributed by atoms with van der Waals surface area (Å²) in [6.07, 6.45) is 2.44. The standard InChI is InChI=1S/C23H20N4O2/c1-29-21-9-5-3-7-17(21)22-18-14-27(13-11-20(18)25-26-22)23(28)16-10-12-24-19-8-4-2-6-15(16)19/h2-10,12H,11,13-14H2,1H3,(H,25,26). The summed E-state index contributed by atoms with van der Waals surface area (Å²) in [4.78, 5) is 19.6. The van der Waals surface area contributed by atoms with Gasteiger partial charge in [0.1, 0.15) is 11.4 Å². The molecule has 6 heteroatoms. The van der Waals surface area contributed by atoms with Crippen LogP contribution in [0.2, 0.25) is 0 Å². The maximum Gasteiger partial charge on any atom is 0.254 e. The van der Waals surface area contributed by atoms with Crippen molar-refractivity contribution in [3.8, 4) is 17.0 Å². The van der Waals surface area contributed by atoms with Crippen LogP contribution in [0.4, 0.5) is 0 Å². The molecule has 0 bridgehead atoms. The second-order valence-corrected chi connectivity index (χ2v) is 7.08. The number of nitrogens with zero attached hydrogens (tertiary/aromatic N) is 3. The number of aromatic amines is 1. The Morgan fingerprint density at radius 2 is 1.93 bits per heavy atom. The third kappa shape index (κ3) is 2.93. The van der Waals surface area contributed by atoms with Crippen molar-refractivity contribution in [2.45, 2.75) is 13.0 Å². The van der Waals surface area contributed by atoms with E-state index in [1.165, 1.54) is 0 Å². The number of aromatic nitrogens is 3. The molecule has 0 aliphatic carbocycles. The molecule has 0 unspecified atom stereocenters. The Balaban J connectivity index is 1.51. The molecule has 1 N–H and O–H groups in total. The van der Waals surface area contributed by atoms with Gasteiger partial charge in [0.25, 0.3) is 5.91 Å². The molecule has 29 heavy (non-hydrogen) atoms. The molecule has 0 fully saturated rings. The van der Waals surface area contributed by atoms with Gasteiger partial charge in [-0.1, -0.05) is 30.3 Å². The summed E-state index contributed by atoms with van der Waals surface area (Å²) in [5.74, 6) is 0.784. The van der Waals surface area contributed by atoms with E-state index in [4.69, 9.17) is 4.74 Å². The summed E-state index contributed by atoms with van der Waals surface area (Å²) in [7, 11) is 1.66. The minimum atomic E-state index is 0.0152. The molecule has 5 rings (SSSR count). The Hall–Kier alpha value is -3.67. The molecule has 0 spiro atoms. The van der Waals surface area contributed by atoms with E-state index in [9.17, 15) is 4.79 Å². The van der Waals surface area contributed by atoms with E-state index in [2.05, 4.69) is 15.2 Å². The lowest BCUT2D eigenvalue weighted by Crippen LogP contribution is -2.36. The summed E-state index contributed by atoms with van der Waals surface area (Å²) < 4.78 is 5.51. The topological polar surface area (TPSA) is 71.1 Å². The van der Waals surface area contributed by atoms with Gasteiger partial charge in [0.15, 0.2) is 0 Å². The van der Waals surface area contributed by atoms with Crippen molar-refractivity contribution in [1.82, 2.24) is 20.1 Å². The number of hydrogen-bond acceptors (Lipinski definition) is 4. The number of para-hydroxylation sites is 2. The third-order valence-corrected chi connectivity index (χ3v) is 5.46. The van der Waals surface area contributed by atoms with E-state index in [-0.39, 0.29) is 5.91 Å². The molecule has 2 aromatic heterocycles. The average Bonchev–Trinajstić information content (AvgIpc) is 3.21. The number of pyridine rings is 1. The largest absolute Gasteiger partial charge is 0.496 e.